The van der Waals surface area contributed by atoms with Gasteiger partial charge in [-0.2, -0.15) is 0 Å². The molecule has 4 aromatic rings. The molecule has 4 N–H and O–H groups in total. The fraction of sp³-hybridized carbons (Fsp3) is 0.263. The Morgan fingerprint density at radius 3 is 2.76 bits per heavy atom. The fourth-order valence-electron chi connectivity index (χ4n) is 3.44. The first-order valence-electron chi connectivity index (χ1n) is 9.10. The molecule has 0 bridgehead atoms. The van der Waals surface area contributed by atoms with Crippen molar-refractivity contribution in [2.45, 2.75) is 30.7 Å². The van der Waals surface area contributed by atoms with Gasteiger partial charge in [-0.1, -0.05) is 18.2 Å². The quantitative estimate of drug-likeness (QED) is 0.463. The highest BCUT2D eigenvalue weighted by Crippen LogP contribution is 2.30. The van der Waals surface area contributed by atoms with Crippen LogP contribution >= 0.6 is 11.3 Å². The summed E-state index contributed by atoms with van der Waals surface area (Å²) < 4.78 is 31.5. The van der Waals surface area contributed by atoms with Crippen LogP contribution in [0.1, 0.15) is 18.3 Å². The highest BCUT2D eigenvalue weighted by Gasteiger charge is 2.19. The predicted octanol–water partition coefficient (Wildman–Crippen LogP) is 2.65. The van der Waals surface area contributed by atoms with E-state index in [4.69, 9.17) is 15.6 Å². The zero-order valence-electron chi connectivity index (χ0n) is 15.8. The molecule has 0 fully saturated rings. The van der Waals surface area contributed by atoms with Gasteiger partial charge in [0.1, 0.15) is 22.2 Å². The van der Waals surface area contributed by atoms with Gasteiger partial charge in [0.25, 0.3) is 0 Å². The van der Waals surface area contributed by atoms with Gasteiger partial charge in [-0.3, -0.25) is 0 Å². The number of sulfonamides is 1. The van der Waals surface area contributed by atoms with Crippen LogP contribution in [-0.2, 0) is 34.3 Å². The van der Waals surface area contributed by atoms with E-state index >= 15 is 0 Å². The molecule has 0 aliphatic heterocycles. The molecule has 29 heavy (non-hydrogen) atoms. The number of pyridine rings is 1. The van der Waals surface area contributed by atoms with Crippen molar-refractivity contribution < 1.29 is 13.2 Å². The van der Waals surface area contributed by atoms with Gasteiger partial charge in [0.15, 0.2) is 5.82 Å². The van der Waals surface area contributed by atoms with Crippen molar-refractivity contribution in [3.05, 3.63) is 47.1 Å². The maximum Gasteiger partial charge on any atom is 0.247 e. The summed E-state index contributed by atoms with van der Waals surface area (Å²) in [5.41, 5.74) is 9.14. The summed E-state index contributed by atoms with van der Waals surface area (Å²) in [5.74, 6) is 1.08. The normalized spacial score (nSPS) is 12.2. The third-order valence-corrected chi connectivity index (χ3v) is 7.21. The number of aryl methyl sites for hydroxylation is 2. The number of para-hydroxylation sites is 1. The number of thiophene rings is 1. The Morgan fingerprint density at radius 1 is 1.21 bits per heavy atom. The van der Waals surface area contributed by atoms with E-state index in [-0.39, 0.29) is 4.21 Å². The van der Waals surface area contributed by atoms with Crippen LogP contribution in [0.15, 0.2) is 39.9 Å². The molecule has 0 unspecified atom stereocenters. The smallest absolute Gasteiger partial charge is 0.247 e. The maximum absolute atomic E-state index is 11.8. The first kappa shape index (κ1) is 19.8. The number of ether oxygens (including phenoxy) is 1. The van der Waals surface area contributed by atoms with Gasteiger partial charge in [0.05, 0.1) is 11.0 Å². The molecule has 1 aromatic carbocycles. The molecular weight excluding hydrogens is 410 g/mol. The van der Waals surface area contributed by atoms with E-state index in [1.807, 2.05) is 35.8 Å². The van der Waals surface area contributed by atoms with E-state index in [2.05, 4.69) is 9.97 Å². The molecule has 0 spiro atoms. The van der Waals surface area contributed by atoms with Crippen molar-refractivity contribution in [2.75, 3.05) is 12.3 Å². The molecule has 0 aliphatic carbocycles. The minimum Gasteiger partial charge on any atom is -0.382 e. The summed E-state index contributed by atoms with van der Waals surface area (Å²) >= 11 is 1.13. The van der Waals surface area contributed by atoms with E-state index in [1.165, 1.54) is 0 Å². The van der Waals surface area contributed by atoms with Crippen LogP contribution in [0.3, 0.4) is 0 Å². The van der Waals surface area contributed by atoms with Crippen molar-refractivity contribution in [2.24, 2.45) is 5.14 Å². The lowest BCUT2D eigenvalue weighted by molar-refractivity contribution is 0.126. The highest BCUT2D eigenvalue weighted by molar-refractivity contribution is 7.91. The molecule has 3 heterocycles. The van der Waals surface area contributed by atoms with Crippen molar-refractivity contribution in [3.8, 4) is 0 Å². The molecular formula is C19H21N5O3S2. The molecule has 8 nitrogen and oxygen atoms in total. The number of hydrogen-bond donors (Lipinski definition) is 2. The lowest BCUT2D eigenvalue weighted by Crippen LogP contribution is -2.14. The summed E-state index contributed by atoms with van der Waals surface area (Å²) in [4.78, 5) is 9.14. The minimum absolute atomic E-state index is 0.194. The summed E-state index contributed by atoms with van der Waals surface area (Å²) in [6.07, 6.45) is 0.483. The second-order valence-electron chi connectivity index (χ2n) is 6.56. The number of imidazole rings is 1. The molecule has 0 saturated carbocycles. The molecule has 10 heteroatoms. The van der Waals surface area contributed by atoms with Gasteiger partial charge in [-0.25, -0.2) is 23.5 Å². The van der Waals surface area contributed by atoms with Crippen molar-refractivity contribution >= 4 is 49.1 Å². The zero-order valence-corrected chi connectivity index (χ0v) is 17.5. The Morgan fingerprint density at radius 2 is 2.00 bits per heavy atom. The number of primary sulfonamides is 1. The van der Waals surface area contributed by atoms with Gasteiger partial charge in [0, 0.05) is 18.5 Å². The number of nitrogen functional groups attached to an aromatic ring is 1. The lowest BCUT2D eigenvalue weighted by atomic mass is 10.1. The number of nitrogens with two attached hydrogens (primary N) is 2. The topological polar surface area (TPSA) is 126 Å². The number of nitrogens with zero attached hydrogens (tertiary/aromatic N) is 3. The average molecular weight is 432 g/mol. The molecule has 0 atom stereocenters. The second-order valence-corrected chi connectivity index (χ2v) is 9.23. The van der Waals surface area contributed by atoms with E-state index in [0.29, 0.717) is 43.1 Å². The third-order valence-electron chi connectivity index (χ3n) is 4.69. The Bertz CT molecular complexity index is 1290. The van der Waals surface area contributed by atoms with Gasteiger partial charge in [-0.05, 0) is 36.4 Å². The molecule has 3 aromatic heterocycles. The fourth-order valence-corrected chi connectivity index (χ4v) is 5.35. The van der Waals surface area contributed by atoms with Crippen molar-refractivity contribution in [3.63, 3.8) is 0 Å². The number of hydrogen-bond acceptors (Lipinski definition) is 7. The molecule has 0 radical (unpaired) electrons. The van der Waals surface area contributed by atoms with Gasteiger partial charge >= 0.3 is 0 Å². The average Bonchev–Trinajstić information content (AvgIpc) is 3.29. The number of fused-ring (bicyclic) bond motifs is 3. The van der Waals surface area contributed by atoms with E-state index in [9.17, 15) is 8.42 Å². The summed E-state index contributed by atoms with van der Waals surface area (Å²) in [7, 11) is -3.75. The molecule has 0 aliphatic rings. The van der Waals surface area contributed by atoms with Crippen LogP contribution in [0.5, 0.6) is 0 Å². The Hall–Kier alpha value is -2.53. The van der Waals surface area contributed by atoms with Crippen LogP contribution in [-0.4, -0.2) is 29.6 Å². The number of rotatable bonds is 7. The lowest BCUT2D eigenvalue weighted by Gasteiger charge is -2.11. The zero-order chi connectivity index (χ0) is 20.6. The number of benzene rings is 1. The van der Waals surface area contributed by atoms with Crippen LogP contribution in [0, 0.1) is 0 Å². The summed E-state index contributed by atoms with van der Waals surface area (Å²) in [6.45, 7) is 3.30. The summed E-state index contributed by atoms with van der Waals surface area (Å²) in [5, 5.41) is 8.02. The van der Waals surface area contributed by atoms with Crippen LogP contribution in [0.2, 0.25) is 0 Å². The van der Waals surface area contributed by atoms with Crippen molar-refractivity contribution in [1.82, 2.24) is 14.5 Å². The SMILES string of the molecule is CCOCc1nc2c(N)nc3ccccc3c2n1CCc1ccsc1S(N)(=O)=O. The van der Waals surface area contributed by atoms with Crippen LogP contribution < -0.4 is 10.9 Å². The van der Waals surface area contributed by atoms with Crippen molar-refractivity contribution in [1.29, 1.82) is 0 Å². The largest absolute Gasteiger partial charge is 0.382 e. The molecule has 0 saturated heterocycles. The first-order chi connectivity index (χ1) is 13.9. The monoisotopic (exact) mass is 431 g/mol. The Balaban J connectivity index is 1.84. The Labute approximate surface area is 172 Å². The third kappa shape index (κ3) is 3.71. The van der Waals surface area contributed by atoms with Gasteiger partial charge in [-0.15, -0.1) is 11.3 Å². The predicted molar refractivity (Wildman–Crippen MR) is 114 cm³/mol. The van der Waals surface area contributed by atoms with E-state index in [0.717, 1.165) is 33.6 Å². The van der Waals surface area contributed by atoms with Crippen LogP contribution in [0.25, 0.3) is 21.9 Å². The molecule has 0 amide bonds. The number of aromatic nitrogens is 3. The maximum atomic E-state index is 11.8. The first-order valence-corrected chi connectivity index (χ1v) is 11.5. The molecule has 152 valence electrons. The Kier molecular flexibility index (Phi) is 5.26. The molecule has 4 rings (SSSR count). The van der Waals surface area contributed by atoms with E-state index in [1.54, 1.807) is 11.4 Å². The summed E-state index contributed by atoms with van der Waals surface area (Å²) in [6, 6.07) is 9.53. The van der Waals surface area contributed by atoms with E-state index < -0.39 is 10.0 Å². The van der Waals surface area contributed by atoms with Gasteiger partial charge < -0.3 is 15.0 Å². The van der Waals surface area contributed by atoms with Gasteiger partial charge in [0.2, 0.25) is 10.0 Å². The second kappa shape index (κ2) is 7.71. The van der Waals surface area contributed by atoms with Crippen LogP contribution in [0.4, 0.5) is 5.82 Å². The standard InChI is InChI=1S/C19H21N5O3S2/c1-2-27-11-15-23-16-17(13-5-3-4-6-14(13)22-18(16)20)24(15)9-7-12-8-10-28-19(12)29(21,25)26/h3-6,8,10H,2,7,9,11H2,1H3,(H2,20,22)(H2,21,25,26). The number of anilines is 1. The minimum atomic E-state index is -3.75. The highest BCUT2D eigenvalue weighted by atomic mass is 32.2.